The first-order valence-electron chi connectivity index (χ1n) is 7.51. The molecule has 18 heavy (non-hydrogen) atoms. The minimum atomic E-state index is 0.202. The standard InChI is InChI=1S/C14H27N3O/c1-2-16-14(18)7-10-17(13-3-4-13)11-12-5-8-15-9-6-12/h12-13,15H,2-11H2,1H3,(H,16,18). The third kappa shape index (κ3) is 4.58. The Morgan fingerprint density at radius 3 is 2.61 bits per heavy atom. The number of carbonyl (C=O) groups excluding carboxylic acids is 1. The molecule has 1 saturated carbocycles. The van der Waals surface area contributed by atoms with Gasteiger partial charge in [-0.15, -0.1) is 0 Å². The molecule has 0 spiro atoms. The number of nitrogens with zero attached hydrogens (tertiary/aromatic N) is 1. The molecule has 2 fully saturated rings. The summed E-state index contributed by atoms with van der Waals surface area (Å²) in [6.07, 6.45) is 5.92. The zero-order valence-corrected chi connectivity index (χ0v) is 11.6. The molecule has 0 unspecified atom stereocenters. The Morgan fingerprint density at radius 2 is 2.00 bits per heavy atom. The molecule has 0 aromatic heterocycles. The van der Waals surface area contributed by atoms with Crippen LogP contribution in [0.25, 0.3) is 0 Å². The molecule has 104 valence electrons. The fourth-order valence-corrected chi connectivity index (χ4v) is 2.79. The van der Waals surface area contributed by atoms with Crippen molar-refractivity contribution < 1.29 is 4.79 Å². The number of amides is 1. The summed E-state index contributed by atoms with van der Waals surface area (Å²) in [7, 11) is 0. The Hall–Kier alpha value is -0.610. The maximum absolute atomic E-state index is 11.5. The first kappa shape index (κ1) is 13.8. The Kier molecular flexibility index (Phi) is 5.45. The van der Waals surface area contributed by atoms with Crippen molar-refractivity contribution >= 4 is 5.91 Å². The Bertz CT molecular complexity index is 260. The lowest BCUT2D eigenvalue weighted by Gasteiger charge is -2.30. The second-order valence-electron chi connectivity index (χ2n) is 5.62. The normalized spacial score (nSPS) is 21.2. The molecule has 1 heterocycles. The van der Waals surface area contributed by atoms with Crippen LogP contribution in [0.5, 0.6) is 0 Å². The van der Waals surface area contributed by atoms with E-state index in [-0.39, 0.29) is 5.91 Å². The molecule has 2 rings (SSSR count). The molecule has 0 atom stereocenters. The van der Waals surface area contributed by atoms with Crippen molar-refractivity contribution in [2.24, 2.45) is 5.92 Å². The van der Waals surface area contributed by atoms with Crippen LogP contribution in [0.1, 0.15) is 39.0 Å². The summed E-state index contributed by atoms with van der Waals surface area (Å²) < 4.78 is 0. The fourth-order valence-electron chi connectivity index (χ4n) is 2.79. The number of piperidine rings is 1. The summed E-state index contributed by atoms with van der Waals surface area (Å²) in [5.41, 5.74) is 0. The molecule has 4 nitrogen and oxygen atoms in total. The Morgan fingerprint density at radius 1 is 1.28 bits per heavy atom. The van der Waals surface area contributed by atoms with Crippen LogP contribution in [-0.2, 0) is 4.79 Å². The van der Waals surface area contributed by atoms with Gasteiger partial charge in [-0.05, 0) is 51.6 Å². The van der Waals surface area contributed by atoms with Crippen molar-refractivity contribution in [1.29, 1.82) is 0 Å². The van der Waals surface area contributed by atoms with E-state index in [1.165, 1.54) is 45.3 Å². The van der Waals surface area contributed by atoms with Crippen molar-refractivity contribution in [3.05, 3.63) is 0 Å². The van der Waals surface area contributed by atoms with Gasteiger partial charge in [-0.1, -0.05) is 0 Å². The van der Waals surface area contributed by atoms with E-state index < -0.39 is 0 Å². The topological polar surface area (TPSA) is 44.4 Å². The minimum Gasteiger partial charge on any atom is -0.356 e. The summed E-state index contributed by atoms with van der Waals surface area (Å²) in [6.45, 7) is 7.20. The van der Waals surface area contributed by atoms with E-state index in [1.54, 1.807) is 0 Å². The van der Waals surface area contributed by atoms with Crippen LogP contribution in [0.4, 0.5) is 0 Å². The first-order chi connectivity index (χ1) is 8.79. The van der Waals surface area contributed by atoms with Crippen LogP contribution in [-0.4, -0.2) is 49.6 Å². The maximum Gasteiger partial charge on any atom is 0.221 e. The lowest BCUT2D eigenvalue weighted by molar-refractivity contribution is -0.121. The van der Waals surface area contributed by atoms with Crippen molar-refractivity contribution in [1.82, 2.24) is 15.5 Å². The maximum atomic E-state index is 11.5. The van der Waals surface area contributed by atoms with E-state index in [2.05, 4.69) is 15.5 Å². The van der Waals surface area contributed by atoms with E-state index >= 15 is 0 Å². The van der Waals surface area contributed by atoms with E-state index in [1.807, 2.05) is 6.92 Å². The Labute approximate surface area is 110 Å². The number of nitrogens with one attached hydrogen (secondary N) is 2. The van der Waals surface area contributed by atoms with Crippen molar-refractivity contribution in [2.75, 3.05) is 32.7 Å². The molecule has 2 aliphatic rings. The SMILES string of the molecule is CCNC(=O)CCN(CC1CCNCC1)C1CC1. The zero-order valence-electron chi connectivity index (χ0n) is 11.6. The summed E-state index contributed by atoms with van der Waals surface area (Å²) in [6, 6.07) is 0.773. The molecule has 1 amide bonds. The fraction of sp³-hybridized carbons (Fsp3) is 0.929. The lowest BCUT2D eigenvalue weighted by Crippen LogP contribution is -2.39. The van der Waals surface area contributed by atoms with Gasteiger partial charge in [0.2, 0.25) is 5.91 Å². The predicted octanol–water partition coefficient (Wildman–Crippen LogP) is 0.977. The highest BCUT2D eigenvalue weighted by molar-refractivity contribution is 5.75. The van der Waals surface area contributed by atoms with Crippen LogP contribution in [0.15, 0.2) is 0 Å². The van der Waals surface area contributed by atoms with Gasteiger partial charge in [0.25, 0.3) is 0 Å². The highest BCUT2D eigenvalue weighted by Gasteiger charge is 2.30. The molecule has 2 N–H and O–H groups in total. The molecule has 0 aromatic rings. The van der Waals surface area contributed by atoms with Gasteiger partial charge in [0.05, 0.1) is 0 Å². The number of hydrogen-bond acceptors (Lipinski definition) is 3. The van der Waals surface area contributed by atoms with Gasteiger partial charge in [0, 0.05) is 32.1 Å². The van der Waals surface area contributed by atoms with Crippen molar-refractivity contribution in [3.8, 4) is 0 Å². The molecule has 4 heteroatoms. The van der Waals surface area contributed by atoms with Crippen LogP contribution < -0.4 is 10.6 Å². The second-order valence-corrected chi connectivity index (χ2v) is 5.62. The van der Waals surface area contributed by atoms with Crippen LogP contribution >= 0.6 is 0 Å². The lowest BCUT2D eigenvalue weighted by atomic mass is 9.97. The van der Waals surface area contributed by atoms with E-state index in [9.17, 15) is 4.79 Å². The van der Waals surface area contributed by atoms with Gasteiger partial charge in [-0.3, -0.25) is 9.69 Å². The van der Waals surface area contributed by atoms with Crippen LogP contribution in [0.2, 0.25) is 0 Å². The summed E-state index contributed by atoms with van der Waals surface area (Å²) >= 11 is 0. The minimum absolute atomic E-state index is 0.202. The van der Waals surface area contributed by atoms with Gasteiger partial charge >= 0.3 is 0 Å². The van der Waals surface area contributed by atoms with Crippen molar-refractivity contribution in [3.63, 3.8) is 0 Å². The van der Waals surface area contributed by atoms with Gasteiger partial charge in [-0.2, -0.15) is 0 Å². The largest absolute Gasteiger partial charge is 0.356 e. The second kappa shape index (κ2) is 7.10. The van der Waals surface area contributed by atoms with Gasteiger partial charge in [0.1, 0.15) is 0 Å². The smallest absolute Gasteiger partial charge is 0.221 e. The third-order valence-electron chi connectivity index (χ3n) is 4.01. The first-order valence-corrected chi connectivity index (χ1v) is 7.51. The number of hydrogen-bond donors (Lipinski definition) is 2. The number of rotatable bonds is 7. The third-order valence-corrected chi connectivity index (χ3v) is 4.01. The summed E-state index contributed by atoms with van der Waals surface area (Å²) in [5, 5.41) is 6.31. The monoisotopic (exact) mass is 253 g/mol. The molecule has 1 aliphatic carbocycles. The Balaban J connectivity index is 1.71. The average molecular weight is 253 g/mol. The average Bonchev–Trinajstić information content (AvgIpc) is 3.20. The molecule has 1 saturated heterocycles. The molecule has 1 aliphatic heterocycles. The van der Waals surface area contributed by atoms with Crippen molar-refractivity contribution in [2.45, 2.75) is 45.1 Å². The summed E-state index contributed by atoms with van der Waals surface area (Å²) in [4.78, 5) is 14.1. The quantitative estimate of drug-likeness (QED) is 0.711. The van der Waals surface area contributed by atoms with Gasteiger partial charge < -0.3 is 10.6 Å². The van der Waals surface area contributed by atoms with Gasteiger partial charge in [-0.25, -0.2) is 0 Å². The summed E-state index contributed by atoms with van der Waals surface area (Å²) in [5.74, 6) is 1.04. The van der Waals surface area contributed by atoms with E-state index in [0.29, 0.717) is 6.42 Å². The highest BCUT2D eigenvalue weighted by Crippen LogP contribution is 2.28. The molecular weight excluding hydrogens is 226 g/mol. The molecule has 0 radical (unpaired) electrons. The van der Waals surface area contributed by atoms with E-state index in [4.69, 9.17) is 0 Å². The van der Waals surface area contributed by atoms with Gasteiger partial charge in [0.15, 0.2) is 0 Å². The van der Waals surface area contributed by atoms with Crippen LogP contribution in [0.3, 0.4) is 0 Å². The molecule has 0 bridgehead atoms. The van der Waals surface area contributed by atoms with E-state index in [0.717, 1.165) is 25.0 Å². The highest BCUT2D eigenvalue weighted by atomic mass is 16.1. The molecule has 0 aromatic carbocycles. The number of carbonyl (C=O) groups is 1. The zero-order chi connectivity index (χ0) is 12.8. The van der Waals surface area contributed by atoms with Crippen LogP contribution in [0, 0.1) is 5.92 Å². The predicted molar refractivity (Wildman–Crippen MR) is 73.5 cm³/mol. The molecular formula is C14H27N3O.